The minimum absolute atomic E-state index is 0.685. The van der Waals surface area contributed by atoms with Crippen LogP contribution in [0.5, 0.6) is 11.5 Å². The molecule has 0 aromatic heterocycles. The Morgan fingerprint density at radius 3 is 2.47 bits per heavy atom. The number of piperazine rings is 1. The Morgan fingerprint density at radius 2 is 1.67 bits per heavy atom. The summed E-state index contributed by atoms with van der Waals surface area (Å²) in [5.74, 6) is 2.49. The second-order valence-corrected chi connectivity index (χ2v) is 9.07. The quantitative estimate of drug-likeness (QED) is 0.451. The number of hydrogen-bond donors (Lipinski definition) is 0. The van der Waals surface area contributed by atoms with Gasteiger partial charge in [0.2, 0.25) is 0 Å². The third-order valence-corrected chi connectivity index (χ3v) is 6.63. The molecule has 1 saturated heterocycles. The van der Waals surface area contributed by atoms with Crippen molar-refractivity contribution in [1.82, 2.24) is 9.21 Å². The summed E-state index contributed by atoms with van der Waals surface area (Å²) in [6.45, 7) is 5.82. The molecule has 4 nitrogen and oxygen atoms in total. The maximum absolute atomic E-state index is 6.33. The summed E-state index contributed by atoms with van der Waals surface area (Å²) in [6.07, 6.45) is 0. The van der Waals surface area contributed by atoms with Gasteiger partial charge in [-0.2, -0.15) is 0 Å². The number of rotatable bonds is 2. The van der Waals surface area contributed by atoms with E-state index in [-0.39, 0.29) is 0 Å². The largest absolute Gasteiger partial charge is 0.454 e. The van der Waals surface area contributed by atoms with E-state index in [1.807, 2.05) is 54.4 Å². The van der Waals surface area contributed by atoms with Gasteiger partial charge in [0.15, 0.2) is 5.75 Å². The zero-order valence-corrected chi connectivity index (χ0v) is 18.3. The van der Waals surface area contributed by atoms with Crippen LogP contribution >= 0.6 is 23.5 Å². The minimum Gasteiger partial charge on any atom is -0.454 e. The molecule has 0 aliphatic carbocycles. The van der Waals surface area contributed by atoms with Crippen molar-refractivity contribution in [3.63, 3.8) is 0 Å². The van der Waals surface area contributed by atoms with Crippen LogP contribution in [0.2, 0.25) is 5.02 Å². The Kier molecular flexibility index (Phi) is 5.42. The van der Waals surface area contributed by atoms with E-state index in [4.69, 9.17) is 21.3 Å². The molecule has 0 saturated carbocycles. The van der Waals surface area contributed by atoms with E-state index in [9.17, 15) is 0 Å². The van der Waals surface area contributed by atoms with Gasteiger partial charge >= 0.3 is 0 Å². The molecule has 0 amide bonds. The Morgan fingerprint density at radius 1 is 0.900 bits per heavy atom. The van der Waals surface area contributed by atoms with Crippen molar-refractivity contribution in [2.24, 2.45) is 4.99 Å². The summed E-state index contributed by atoms with van der Waals surface area (Å²) in [5.41, 5.74) is 3.07. The fraction of sp³-hybridized carbons (Fsp3) is 0.208. The van der Waals surface area contributed by atoms with E-state index in [1.54, 1.807) is 0 Å². The van der Waals surface area contributed by atoms with E-state index in [0.717, 1.165) is 54.8 Å². The van der Waals surface area contributed by atoms with Crippen molar-refractivity contribution in [2.75, 3.05) is 26.2 Å². The molecule has 0 radical (unpaired) electrons. The summed E-state index contributed by atoms with van der Waals surface area (Å²) < 4.78 is 8.59. The maximum atomic E-state index is 6.33. The average Bonchev–Trinajstić information content (AvgIpc) is 2.92. The molecule has 0 unspecified atom stereocenters. The average molecular weight is 436 g/mol. The molecule has 2 aliphatic heterocycles. The standard InChI is InChI=1S/C24H22ClN3OS/c1-17-6-9-19(10-7-17)30-28-14-12-27(13-15-28)24-20-16-18(25)8-11-22(20)29-23-5-3-2-4-21(23)26-24/h2-11,16H,12-15H2,1H3. The highest BCUT2D eigenvalue weighted by Gasteiger charge is 2.26. The zero-order chi connectivity index (χ0) is 20.5. The van der Waals surface area contributed by atoms with Crippen molar-refractivity contribution in [3.05, 3.63) is 82.9 Å². The van der Waals surface area contributed by atoms with Crippen LogP contribution in [-0.2, 0) is 0 Å². The predicted octanol–water partition coefficient (Wildman–Crippen LogP) is 6.16. The molecule has 6 heteroatoms. The Labute approximate surface area is 186 Å². The molecular weight excluding hydrogens is 414 g/mol. The molecule has 5 rings (SSSR count). The number of nitrogens with zero attached hydrogens (tertiary/aromatic N) is 3. The molecule has 2 aliphatic rings. The summed E-state index contributed by atoms with van der Waals surface area (Å²) in [7, 11) is 0. The van der Waals surface area contributed by atoms with Crippen LogP contribution in [-0.4, -0.2) is 41.2 Å². The van der Waals surface area contributed by atoms with Crippen molar-refractivity contribution in [3.8, 4) is 11.5 Å². The molecule has 1 fully saturated rings. The van der Waals surface area contributed by atoms with Gasteiger partial charge in [-0.25, -0.2) is 9.30 Å². The van der Waals surface area contributed by atoms with Crippen LogP contribution in [0.4, 0.5) is 5.69 Å². The van der Waals surface area contributed by atoms with Gasteiger partial charge in [0, 0.05) is 36.1 Å². The zero-order valence-electron chi connectivity index (χ0n) is 16.7. The Balaban J connectivity index is 1.39. The summed E-state index contributed by atoms with van der Waals surface area (Å²) in [5, 5.41) is 0.685. The van der Waals surface area contributed by atoms with Gasteiger partial charge in [0.05, 0.1) is 5.56 Å². The highest BCUT2D eigenvalue weighted by molar-refractivity contribution is 7.97. The molecule has 0 atom stereocenters. The van der Waals surface area contributed by atoms with Gasteiger partial charge in [-0.3, -0.25) is 0 Å². The smallest absolute Gasteiger partial charge is 0.153 e. The van der Waals surface area contributed by atoms with E-state index >= 15 is 0 Å². The highest BCUT2D eigenvalue weighted by Crippen LogP contribution is 2.39. The summed E-state index contributed by atoms with van der Waals surface area (Å²) in [4.78, 5) is 8.62. The van der Waals surface area contributed by atoms with E-state index in [1.165, 1.54) is 10.5 Å². The fourth-order valence-corrected chi connectivity index (χ4v) is 4.75. The first-order valence-electron chi connectivity index (χ1n) is 10.1. The normalized spacial score (nSPS) is 16.2. The lowest BCUT2D eigenvalue weighted by Crippen LogP contribution is -2.46. The van der Waals surface area contributed by atoms with Gasteiger partial charge in [-0.05, 0) is 61.3 Å². The molecule has 30 heavy (non-hydrogen) atoms. The topological polar surface area (TPSA) is 28.1 Å². The van der Waals surface area contributed by atoms with E-state index in [2.05, 4.69) is 40.4 Å². The molecule has 152 valence electrons. The number of benzene rings is 3. The van der Waals surface area contributed by atoms with Gasteiger partial charge in [0.25, 0.3) is 0 Å². The van der Waals surface area contributed by atoms with Crippen molar-refractivity contribution < 1.29 is 4.74 Å². The number of aryl methyl sites for hydroxylation is 1. The lowest BCUT2D eigenvalue weighted by molar-refractivity contribution is 0.282. The first kappa shape index (κ1) is 19.5. The molecule has 3 aromatic rings. The molecule has 2 heterocycles. The lowest BCUT2D eigenvalue weighted by atomic mass is 10.1. The van der Waals surface area contributed by atoms with Crippen LogP contribution in [0.1, 0.15) is 11.1 Å². The third-order valence-electron chi connectivity index (χ3n) is 5.29. The predicted molar refractivity (Wildman–Crippen MR) is 124 cm³/mol. The molecule has 0 bridgehead atoms. The van der Waals surface area contributed by atoms with Crippen LogP contribution < -0.4 is 4.74 Å². The van der Waals surface area contributed by atoms with Gasteiger partial charge < -0.3 is 9.64 Å². The van der Waals surface area contributed by atoms with Crippen LogP contribution in [0.25, 0.3) is 0 Å². The lowest BCUT2D eigenvalue weighted by Gasteiger charge is -2.35. The first-order chi connectivity index (χ1) is 14.7. The van der Waals surface area contributed by atoms with Crippen molar-refractivity contribution in [2.45, 2.75) is 11.8 Å². The molecule has 3 aromatic carbocycles. The molecular formula is C24H22ClN3OS. The van der Waals surface area contributed by atoms with Gasteiger partial charge in [-0.15, -0.1) is 0 Å². The van der Waals surface area contributed by atoms with Crippen LogP contribution in [0.3, 0.4) is 0 Å². The highest BCUT2D eigenvalue weighted by atomic mass is 35.5. The number of amidine groups is 1. The number of ether oxygens (including phenoxy) is 1. The summed E-state index contributed by atoms with van der Waals surface area (Å²) in [6, 6.07) is 22.4. The third kappa shape index (κ3) is 4.06. The van der Waals surface area contributed by atoms with Gasteiger partial charge in [-0.1, -0.05) is 41.4 Å². The first-order valence-corrected chi connectivity index (χ1v) is 11.2. The number of fused-ring (bicyclic) bond motifs is 2. The van der Waals surface area contributed by atoms with Crippen LogP contribution in [0, 0.1) is 6.92 Å². The number of aliphatic imine (C=N–C) groups is 1. The number of para-hydroxylation sites is 2. The van der Waals surface area contributed by atoms with Crippen LogP contribution in [0.15, 0.2) is 76.6 Å². The Bertz CT molecular complexity index is 1090. The molecule has 0 N–H and O–H groups in total. The molecule has 0 spiro atoms. The Hall–Kier alpha value is -2.47. The van der Waals surface area contributed by atoms with Crippen molar-refractivity contribution >= 4 is 35.1 Å². The van der Waals surface area contributed by atoms with E-state index in [0.29, 0.717) is 5.02 Å². The number of halogens is 1. The monoisotopic (exact) mass is 435 g/mol. The second kappa shape index (κ2) is 8.34. The van der Waals surface area contributed by atoms with Crippen molar-refractivity contribution in [1.29, 1.82) is 0 Å². The summed E-state index contributed by atoms with van der Waals surface area (Å²) >= 11 is 8.15. The van der Waals surface area contributed by atoms with E-state index < -0.39 is 0 Å². The minimum atomic E-state index is 0.685. The SMILES string of the molecule is Cc1ccc(SN2CCN(C3=Nc4ccccc4Oc4ccc(Cl)cc43)CC2)cc1. The maximum Gasteiger partial charge on any atom is 0.153 e. The fourth-order valence-electron chi connectivity index (χ4n) is 3.68. The van der Waals surface area contributed by atoms with Gasteiger partial charge in [0.1, 0.15) is 17.3 Å². The second-order valence-electron chi connectivity index (χ2n) is 7.47. The number of hydrogen-bond acceptors (Lipinski definition) is 5.